The van der Waals surface area contributed by atoms with Crippen LogP contribution in [0.2, 0.25) is 0 Å². The summed E-state index contributed by atoms with van der Waals surface area (Å²) >= 11 is 1.86. The van der Waals surface area contributed by atoms with E-state index >= 15 is 0 Å². The molecule has 0 saturated heterocycles. The monoisotopic (exact) mass is 544 g/mol. The van der Waals surface area contributed by atoms with E-state index in [1.54, 1.807) is 0 Å². The standard InChI is InChI=1S/C39H28OS/c1-39(2)32-15-7-8-16-34(32)40-35-24-26(19-20-33(35)39)28-21-27(25-11-4-3-5-12-25)22-29(23-28)30-14-10-18-37-38(30)31-13-6-9-17-36(31)41-37/h3-24H,1-2H3. The van der Waals surface area contributed by atoms with E-state index in [4.69, 9.17) is 4.74 Å². The van der Waals surface area contributed by atoms with Crippen LogP contribution in [0.15, 0.2) is 133 Å². The first-order valence-corrected chi connectivity index (χ1v) is 14.9. The van der Waals surface area contributed by atoms with Crippen LogP contribution in [-0.2, 0) is 5.41 Å². The minimum atomic E-state index is -0.130. The maximum absolute atomic E-state index is 6.50. The highest BCUT2D eigenvalue weighted by atomic mass is 32.1. The number of hydrogen-bond acceptors (Lipinski definition) is 2. The fourth-order valence-electron chi connectivity index (χ4n) is 6.40. The average molecular weight is 545 g/mol. The maximum Gasteiger partial charge on any atom is 0.132 e. The van der Waals surface area contributed by atoms with Gasteiger partial charge >= 0.3 is 0 Å². The van der Waals surface area contributed by atoms with E-state index in [0.717, 1.165) is 17.1 Å². The molecule has 1 aromatic heterocycles. The lowest BCUT2D eigenvalue weighted by Gasteiger charge is -2.34. The van der Waals surface area contributed by atoms with Gasteiger partial charge in [-0.1, -0.05) is 105 Å². The van der Waals surface area contributed by atoms with Crippen molar-refractivity contribution in [2.24, 2.45) is 0 Å². The first-order chi connectivity index (χ1) is 20.1. The van der Waals surface area contributed by atoms with E-state index < -0.39 is 0 Å². The Balaban J connectivity index is 1.34. The molecule has 0 atom stereocenters. The summed E-state index contributed by atoms with van der Waals surface area (Å²) < 4.78 is 9.14. The van der Waals surface area contributed by atoms with Crippen LogP contribution < -0.4 is 4.74 Å². The second kappa shape index (κ2) is 9.19. The molecule has 7 aromatic rings. The van der Waals surface area contributed by atoms with Crippen LogP contribution in [0.5, 0.6) is 11.5 Å². The molecule has 8 rings (SSSR count). The molecule has 0 radical (unpaired) electrons. The van der Waals surface area contributed by atoms with Crippen molar-refractivity contribution in [1.82, 2.24) is 0 Å². The van der Waals surface area contributed by atoms with E-state index in [-0.39, 0.29) is 5.41 Å². The fraction of sp³-hybridized carbons (Fsp3) is 0.0769. The third kappa shape index (κ3) is 3.90. The van der Waals surface area contributed by atoms with Crippen molar-refractivity contribution in [1.29, 1.82) is 0 Å². The predicted octanol–water partition coefficient (Wildman–Crippen LogP) is 11.5. The fourth-order valence-corrected chi connectivity index (χ4v) is 7.53. The Labute approximate surface area is 244 Å². The summed E-state index contributed by atoms with van der Waals surface area (Å²) in [5, 5.41) is 2.65. The van der Waals surface area contributed by atoms with Crippen LogP contribution in [0.1, 0.15) is 25.0 Å². The van der Waals surface area contributed by atoms with E-state index in [0.29, 0.717) is 0 Å². The lowest BCUT2D eigenvalue weighted by Crippen LogP contribution is -2.24. The average Bonchev–Trinajstić information content (AvgIpc) is 3.40. The van der Waals surface area contributed by atoms with Gasteiger partial charge in [-0.25, -0.2) is 0 Å². The topological polar surface area (TPSA) is 9.23 Å². The van der Waals surface area contributed by atoms with Crippen LogP contribution in [0.4, 0.5) is 0 Å². The Bertz CT molecular complexity index is 2100. The normalized spacial score (nSPS) is 13.5. The van der Waals surface area contributed by atoms with Gasteiger partial charge in [0.25, 0.3) is 0 Å². The van der Waals surface area contributed by atoms with Crippen molar-refractivity contribution in [3.05, 3.63) is 145 Å². The highest BCUT2D eigenvalue weighted by Crippen LogP contribution is 2.49. The number of fused-ring (bicyclic) bond motifs is 5. The third-order valence-electron chi connectivity index (χ3n) is 8.52. The van der Waals surface area contributed by atoms with Gasteiger partial charge in [0, 0.05) is 36.7 Å². The number of benzene rings is 6. The number of hydrogen-bond donors (Lipinski definition) is 0. The number of ether oxygens (including phenoxy) is 1. The van der Waals surface area contributed by atoms with Gasteiger partial charge in [-0.3, -0.25) is 0 Å². The van der Waals surface area contributed by atoms with Gasteiger partial charge in [0.2, 0.25) is 0 Å². The number of para-hydroxylation sites is 1. The first-order valence-electron chi connectivity index (χ1n) is 14.1. The highest BCUT2D eigenvalue weighted by Gasteiger charge is 2.34. The third-order valence-corrected chi connectivity index (χ3v) is 9.66. The highest BCUT2D eigenvalue weighted by molar-refractivity contribution is 7.25. The Morgan fingerprint density at radius 3 is 2.05 bits per heavy atom. The Kier molecular flexibility index (Phi) is 5.42. The molecule has 0 unspecified atom stereocenters. The van der Waals surface area contributed by atoms with Crippen molar-refractivity contribution in [3.8, 4) is 44.9 Å². The van der Waals surface area contributed by atoms with Gasteiger partial charge < -0.3 is 4.74 Å². The van der Waals surface area contributed by atoms with Gasteiger partial charge in [0.05, 0.1) is 0 Å². The first kappa shape index (κ1) is 24.2. The predicted molar refractivity (Wildman–Crippen MR) is 174 cm³/mol. The maximum atomic E-state index is 6.50. The lowest BCUT2D eigenvalue weighted by molar-refractivity contribution is 0.418. The van der Waals surface area contributed by atoms with Gasteiger partial charge in [-0.2, -0.15) is 0 Å². The molecule has 196 valence electrons. The molecule has 6 aromatic carbocycles. The van der Waals surface area contributed by atoms with Gasteiger partial charge in [-0.05, 0) is 75.8 Å². The van der Waals surface area contributed by atoms with Crippen LogP contribution >= 0.6 is 11.3 Å². The molecule has 2 heteroatoms. The van der Waals surface area contributed by atoms with Crippen molar-refractivity contribution in [2.45, 2.75) is 19.3 Å². The summed E-state index contributed by atoms with van der Waals surface area (Å²) in [4.78, 5) is 0. The van der Waals surface area contributed by atoms with E-state index in [9.17, 15) is 0 Å². The molecule has 41 heavy (non-hydrogen) atoms. The van der Waals surface area contributed by atoms with Crippen molar-refractivity contribution >= 4 is 31.5 Å². The zero-order valence-corrected chi connectivity index (χ0v) is 23.8. The van der Waals surface area contributed by atoms with Crippen molar-refractivity contribution in [3.63, 3.8) is 0 Å². The van der Waals surface area contributed by atoms with Crippen LogP contribution in [0.3, 0.4) is 0 Å². The summed E-state index contributed by atoms with van der Waals surface area (Å²) in [6, 6.07) is 48.3. The van der Waals surface area contributed by atoms with E-state index in [2.05, 4.69) is 141 Å². The largest absolute Gasteiger partial charge is 0.457 e. The number of rotatable bonds is 3. The summed E-state index contributed by atoms with van der Waals surface area (Å²) in [5.41, 5.74) is 9.55. The van der Waals surface area contributed by atoms with Crippen LogP contribution in [0, 0.1) is 0 Å². The minimum absolute atomic E-state index is 0.130. The molecule has 1 nitrogen and oxygen atoms in total. The number of thiophene rings is 1. The SMILES string of the molecule is CC1(C)c2ccccc2Oc2cc(-c3cc(-c4ccccc4)cc(-c4cccc5sc6ccccc6c45)c3)ccc21. The molecule has 0 aliphatic carbocycles. The Morgan fingerprint density at radius 1 is 0.488 bits per heavy atom. The molecular weight excluding hydrogens is 516 g/mol. The summed E-state index contributed by atoms with van der Waals surface area (Å²) in [7, 11) is 0. The zero-order chi connectivity index (χ0) is 27.6. The summed E-state index contributed by atoms with van der Waals surface area (Å²) in [6.07, 6.45) is 0. The Hall–Kier alpha value is -4.66. The summed E-state index contributed by atoms with van der Waals surface area (Å²) in [5.74, 6) is 1.88. The van der Waals surface area contributed by atoms with Crippen molar-refractivity contribution in [2.75, 3.05) is 0 Å². The van der Waals surface area contributed by atoms with Gasteiger partial charge in [0.15, 0.2) is 0 Å². The molecule has 1 aliphatic rings. The van der Waals surface area contributed by atoms with E-state index in [1.165, 1.54) is 59.1 Å². The van der Waals surface area contributed by atoms with Gasteiger partial charge in [0.1, 0.15) is 11.5 Å². The second-order valence-electron chi connectivity index (χ2n) is 11.4. The van der Waals surface area contributed by atoms with Crippen LogP contribution in [0.25, 0.3) is 53.6 Å². The molecule has 1 aliphatic heterocycles. The molecular formula is C39H28OS. The van der Waals surface area contributed by atoms with Crippen LogP contribution in [-0.4, -0.2) is 0 Å². The molecule has 0 spiro atoms. The quantitative estimate of drug-likeness (QED) is 0.215. The molecule has 0 saturated carbocycles. The lowest BCUT2D eigenvalue weighted by atomic mass is 9.75. The zero-order valence-electron chi connectivity index (χ0n) is 23.0. The molecule has 0 bridgehead atoms. The second-order valence-corrected chi connectivity index (χ2v) is 12.5. The molecule has 0 amide bonds. The molecule has 2 heterocycles. The minimum Gasteiger partial charge on any atom is -0.457 e. The smallest absolute Gasteiger partial charge is 0.132 e. The summed E-state index contributed by atoms with van der Waals surface area (Å²) in [6.45, 7) is 4.57. The van der Waals surface area contributed by atoms with Crippen molar-refractivity contribution < 1.29 is 4.74 Å². The molecule has 0 N–H and O–H groups in total. The van der Waals surface area contributed by atoms with Gasteiger partial charge in [-0.15, -0.1) is 11.3 Å². The molecule has 0 fully saturated rings. The Morgan fingerprint density at radius 2 is 1.17 bits per heavy atom. The van der Waals surface area contributed by atoms with E-state index in [1.807, 2.05) is 17.4 Å².